The second kappa shape index (κ2) is 7.16. The zero-order valence-corrected chi connectivity index (χ0v) is 14.6. The smallest absolute Gasteiger partial charge is 0.249 e. The minimum atomic E-state index is -0.228. The van der Waals surface area contributed by atoms with Crippen molar-refractivity contribution in [2.24, 2.45) is 11.8 Å². The first kappa shape index (κ1) is 16.7. The second-order valence-electron chi connectivity index (χ2n) is 6.83. The monoisotopic (exact) mass is 327 g/mol. The number of carbonyl (C=O) groups excluding carboxylic acids is 1. The number of hydrogen-bond donors (Lipinski definition) is 1. The van der Waals surface area contributed by atoms with Gasteiger partial charge in [0.2, 0.25) is 17.6 Å². The first-order valence-electron chi connectivity index (χ1n) is 8.79. The van der Waals surface area contributed by atoms with Crippen molar-refractivity contribution in [3.63, 3.8) is 0 Å². The van der Waals surface area contributed by atoms with E-state index in [1.54, 1.807) is 0 Å². The number of aryl methyl sites for hydroxylation is 1. The Morgan fingerprint density at radius 2 is 2.21 bits per heavy atom. The molecule has 1 aliphatic carbocycles. The molecule has 1 saturated carbocycles. The van der Waals surface area contributed by atoms with E-state index in [0.717, 1.165) is 36.8 Å². The summed E-state index contributed by atoms with van der Waals surface area (Å²) in [5.41, 5.74) is 2.08. The third kappa shape index (κ3) is 3.50. The molecule has 3 rings (SSSR count). The Bertz CT molecular complexity index is 706. The Balaban J connectivity index is 1.81. The quantitative estimate of drug-likeness (QED) is 0.869. The molecule has 1 fully saturated rings. The van der Waals surface area contributed by atoms with Crippen molar-refractivity contribution in [1.29, 1.82) is 0 Å². The molecule has 2 atom stereocenters. The zero-order valence-electron chi connectivity index (χ0n) is 14.6. The van der Waals surface area contributed by atoms with Crippen LogP contribution >= 0.6 is 0 Å². The van der Waals surface area contributed by atoms with Crippen molar-refractivity contribution < 1.29 is 9.32 Å². The summed E-state index contributed by atoms with van der Waals surface area (Å²) in [6.07, 6.45) is 4.04. The van der Waals surface area contributed by atoms with Crippen LogP contribution in [-0.4, -0.2) is 16.0 Å². The van der Waals surface area contributed by atoms with Crippen molar-refractivity contribution in [3.05, 3.63) is 35.7 Å². The summed E-state index contributed by atoms with van der Waals surface area (Å²) >= 11 is 0. The van der Waals surface area contributed by atoms with Crippen molar-refractivity contribution >= 4 is 5.91 Å². The molecule has 1 amide bonds. The highest BCUT2D eigenvalue weighted by atomic mass is 16.5. The number of benzene rings is 1. The summed E-state index contributed by atoms with van der Waals surface area (Å²) in [4.78, 5) is 16.9. The number of carbonyl (C=O) groups is 1. The van der Waals surface area contributed by atoms with Gasteiger partial charge in [-0.15, -0.1) is 0 Å². The van der Waals surface area contributed by atoms with E-state index in [-0.39, 0.29) is 23.8 Å². The van der Waals surface area contributed by atoms with Gasteiger partial charge < -0.3 is 9.84 Å². The van der Waals surface area contributed by atoms with Gasteiger partial charge in [-0.1, -0.05) is 55.6 Å². The minimum Gasteiger partial charge on any atom is -0.344 e. The summed E-state index contributed by atoms with van der Waals surface area (Å²) < 4.78 is 5.50. The Kier molecular flexibility index (Phi) is 4.97. The lowest BCUT2D eigenvalue weighted by Crippen LogP contribution is -2.39. The van der Waals surface area contributed by atoms with Crippen LogP contribution in [0.15, 0.2) is 28.8 Å². The van der Waals surface area contributed by atoms with Gasteiger partial charge in [0.1, 0.15) is 6.04 Å². The topological polar surface area (TPSA) is 68.0 Å². The van der Waals surface area contributed by atoms with E-state index < -0.39 is 0 Å². The highest BCUT2D eigenvalue weighted by Gasteiger charge is 2.31. The van der Waals surface area contributed by atoms with Crippen LogP contribution in [0.25, 0.3) is 11.4 Å². The van der Waals surface area contributed by atoms with E-state index in [2.05, 4.69) is 29.3 Å². The molecule has 24 heavy (non-hydrogen) atoms. The molecule has 1 aliphatic rings. The fourth-order valence-corrected chi connectivity index (χ4v) is 2.89. The summed E-state index contributed by atoms with van der Waals surface area (Å²) in [6, 6.07) is 7.78. The molecule has 5 heteroatoms. The van der Waals surface area contributed by atoms with Crippen LogP contribution in [0.1, 0.15) is 57.0 Å². The Morgan fingerprint density at radius 3 is 2.83 bits per heavy atom. The number of rotatable bonds is 6. The van der Waals surface area contributed by atoms with E-state index in [9.17, 15) is 4.79 Å². The maximum Gasteiger partial charge on any atom is 0.249 e. The second-order valence-corrected chi connectivity index (χ2v) is 6.83. The lowest BCUT2D eigenvalue weighted by molar-refractivity contribution is -0.128. The van der Waals surface area contributed by atoms with Crippen LogP contribution in [0.2, 0.25) is 0 Å². The predicted molar refractivity (Wildman–Crippen MR) is 92.2 cm³/mol. The van der Waals surface area contributed by atoms with Crippen LogP contribution in [-0.2, 0) is 4.79 Å². The molecule has 0 saturated heterocycles. The van der Waals surface area contributed by atoms with Crippen molar-refractivity contribution in [2.45, 2.75) is 52.5 Å². The molecule has 0 aliphatic heterocycles. The summed E-state index contributed by atoms with van der Waals surface area (Å²) in [6.45, 7) is 6.23. The van der Waals surface area contributed by atoms with Gasteiger partial charge in [0.05, 0.1) is 0 Å². The largest absolute Gasteiger partial charge is 0.344 e. The maximum atomic E-state index is 12.3. The average molecular weight is 327 g/mol. The molecule has 1 N–H and O–H groups in total. The zero-order chi connectivity index (χ0) is 17.1. The summed E-state index contributed by atoms with van der Waals surface area (Å²) in [7, 11) is 0. The van der Waals surface area contributed by atoms with Crippen LogP contribution < -0.4 is 5.32 Å². The number of amides is 1. The fraction of sp³-hybridized carbons (Fsp3) is 0.526. The molecule has 0 bridgehead atoms. The van der Waals surface area contributed by atoms with E-state index in [1.165, 1.54) is 0 Å². The molecule has 1 aromatic carbocycles. The van der Waals surface area contributed by atoms with Gasteiger partial charge in [-0.2, -0.15) is 4.98 Å². The van der Waals surface area contributed by atoms with Crippen LogP contribution in [0, 0.1) is 18.8 Å². The van der Waals surface area contributed by atoms with Crippen molar-refractivity contribution in [2.75, 3.05) is 0 Å². The van der Waals surface area contributed by atoms with Gasteiger partial charge in [-0.05, 0) is 31.7 Å². The van der Waals surface area contributed by atoms with Gasteiger partial charge in [-0.25, -0.2) is 0 Å². The van der Waals surface area contributed by atoms with Crippen LogP contribution in [0.4, 0.5) is 0 Å². The first-order valence-corrected chi connectivity index (χ1v) is 8.79. The maximum absolute atomic E-state index is 12.3. The highest BCUT2D eigenvalue weighted by Crippen LogP contribution is 2.30. The van der Waals surface area contributed by atoms with Gasteiger partial charge >= 0.3 is 0 Å². The molecule has 128 valence electrons. The third-order valence-corrected chi connectivity index (χ3v) is 4.97. The van der Waals surface area contributed by atoms with Crippen molar-refractivity contribution in [1.82, 2.24) is 15.5 Å². The van der Waals surface area contributed by atoms with Gasteiger partial charge in [0, 0.05) is 11.5 Å². The number of nitrogens with zero attached hydrogens (tertiary/aromatic N) is 2. The normalized spacial score (nSPS) is 17.1. The summed E-state index contributed by atoms with van der Waals surface area (Å²) in [5.74, 6) is 1.56. The van der Waals surface area contributed by atoms with Crippen LogP contribution in [0.5, 0.6) is 0 Å². The minimum absolute atomic E-state index is 0.113. The SMILES string of the molecule is CC[C@@H](C)[C@H](NC(=O)C1CCC1)c1nc(-c2cccc(C)c2)no1. The fourth-order valence-electron chi connectivity index (χ4n) is 2.89. The summed E-state index contributed by atoms with van der Waals surface area (Å²) in [5, 5.41) is 7.24. The highest BCUT2D eigenvalue weighted by molar-refractivity contribution is 5.79. The van der Waals surface area contributed by atoms with E-state index in [4.69, 9.17) is 4.52 Å². The van der Waals surface area contributed by atoms with Gasteiger partial charge in [-0.3, -0.25) is 4.79 Å². The lowest BCUT2D eigenvalue weighted by atomic mass is 9.84. The molecule has 2 aromatic rings. The molecule has 0 radical (unpaired) electrons. The van der Waals surface area contributed by atoms with E-state index in [1.807, 2.05) is 31.2 Å². The van der Waals surface area contributed by atoms with Crippen LogP contribution in [0.3, 0.4) is 0 Å². The molecule has 0 spiro atoms. The third-order valence-electron chi connectivity index (χ3n) is 4.97. The van der Waals surface area contributed by atoms with Gasteiger partial charge in [0.15, 0.2) is 0 Å². The number of nitrogens with one attached hydrogen (secondary N) is 1. The average Bonchev–Trinajstić information content (AvgIpc) is 3.00. The molecular formula is C19H25N3O2. The molecule has 1 aromatic heterocycles. The first-order chi connectivity index (χ1) is 11.6. The lowest BCUT2D eigenvalue weighted by Gasteiger charge is -2.28. The Labute approximate surface area is 142 Å². The van der Waals surface area contributed by atoms with E-state index in [0.29, 0.717) is 11.7 Å². The molecule has 0 unspecified atom stereocenters. The molecular weight excluding hydrogens is 302 g/mol. The van der Waals surface area contributed by atoms with Gasteiger partial charge in [0.25, 0.3) is 0 Å². The molecule has 5 nitrogen and oxygen atoms in total. The molecule has 1 heterocycles. The number of hydrogen-bond acceptors (Lipinski definition) is 4. The Morgan fingerprint density at radius 1 is 1.42 bits per heavy atom. The standard InChI is InChI=1S/C19H25N3O2/c1-4-13(3)16(20-18(23)14-8-6-9-14)19-21-17(22-24-19)15-10-5-7-12(2)11-15/h5,7,10-11,13-14,16H,4,6,8-9H2,1-3H3,(H,20,23)/t13-,16+/m1/s1. The predicted octanol–water partition coefficient (Wildman–Crippen LogP) is 4.05. The number of aromatic nitrogens is 2. The van der Waals surface area contributed by atoms with Crippen molar-refractivity contribution in [3.8, 4) is 11.4 Å². The van der Waals surface area contributed by atoms with E-state index >= 15 is 0 Å². The Hall–Kier alpha value is -2.17.